The van der Waals surface area contributed by atoms with Gasteiger partial charge < -0.3 is 35.4 Å². The van der Waals surface area contributed by atoms with Crippen LogP contribution in [0.15, 0.2) is 24.3 Å². The highest BCUT2D eigenvalue weighted by atomic mass is 31.2. The van der Waals surface area contributed by atoms with E-state index >= 15 is 0 Å². The van der Waals surface area contributed by atoms with Crippen LogP contribution < -0.4 is 5.73 Å². The predicted octanol–water partition coefficient (Wildman–Crippen LogP) is 8.22. The third-order valence-electron chi connectivity index (χ3n) is 8.87. The molecule has 0 radical (unpaired) electrons. The van der Waals surface area contributed by atoms with Gasteiger partial charge in [-0.2, -0.15) is 0 Å². The SMILES string of the molecule is CCCCC/C=C\C[C@@H](O)[C@H](O)CCCCCCCC(=O)OC[C@H](COP(=O)(O)OC[C@H](N)C(=O)O)OC(=O)CCCCCCC/C=C\CCCCCC. The van der Waals surface area contributed by atoms with Crippen LogP contribution in [0.2, 0.25) is 0 Å². The fraction of sp³-hybridized carbons (Fsp3) is 0.825. The molecular formula is C40H74NO12P. The van der Waals surface area contributed by atoms with Crippen molar-refractivity contribution >= 4 is 25.7 Å². The third-order valence-corrected chi connectivity index (χ3v) is 9.82. The molecule has 1 unspecified atom stereocenters. The van der Waals surface area contributed by atoms with Crippen LogP contribution in [0.25, 0.3) is 0 Å². The number of allylic oxidation sites excluding steroid dienone is 3. The molecule has 0 amide bonds. The van der Waals surface area contributed by atoms with Crippen molar-refractivity contribution in [1.29, 1.82) is 0 Å². The molecule has 0 heterocycles. The number of unbranched alkanes of at least 4 members (excludes halogenated alkanes) is 16. The van der Waals surface area contributed by atoms with E-state index in [0.29, 0.717) is 25.7 Å². The van der Waals surface area contributed by atoms with Crippen LogP contribution in [0.4, 0.5) is 0 Å². The molecule has 0 spiro atoms. The minimum Gasteiger partial charge on any atom is -0.480 e. The van der Waals surface area contributed by atoms with Crippen LogP contribution in [0, 0.1) is 0 Å². The number of aliphatic hydroxyl groups excluding tert-OH is 2. The molecule has 0 rings (SSSR count). The summed E-state index contributed by atoms with van der Waals surface area (Å²) in [4.78, 5) is 45.8. The van der Waals surface area contributed by atoms with Crippen molar-refractivity contribution in [1.82, 2.24) is 0 Å². The van der Waals surface area contributed by atoms with Gasteiger partial charge in [0.05, 0.1) is 25.4 Å². The summed E-state index contributed by atoms with van der Waals surface area (Å²) in [5.74, 6) is -2.52. The Bertz CT molecular complexity index is 1060. The van der Waals surface area contributed by atoms with Gasteiger partial charge in [-0.3, -0.25) is 23.4 Å². The van der Waals surface area contributed by atoms with E-state index in [2.05, 4.69) is 36.6 Å². The molecule has 0 fully saturated rings. The number of esters is 2. The Hall–Kier alpha value is -2.12. The fourth-order valence-electron chi connectivity index (χ4n) is 5.43. The summed E-state index contributed by atoms with van der Waals surface area (Å²) in [5.41, 5.74) is 5.31. The van der Waals surface area contributed by atoms with Crippen molar-refractivity contribution < 1.29 is 57.7 Å². The van der Waals surface area contributed by atoms with Gasteiger partial charge >= 0.3 is 25.7 Å². The van der Waals surface area contributed by atoms with Crippen molar-refractivity contribution in [3.05, 3.63) is 24.3 Å². The van der Waals surface area contributed by atoms with E-state index in [4.69, 9.17) is 24.8 Å². The van der Waals surface area contributed by atoms with E-state index in [1.165, 1.54) is 38.5 Å². The maximum atomic E-state index is 12.6. The lowest BCUT2D eigenvalue weighted by molar-refractivity contribution is -0.161. The average molecular weight is 792 g/mol. The average Bonchev–Trinajstić information content (AvgIpc) is 3.14. The summed E-state index contributed by atoms with van der Waals surface area (Å²) < 4.78 is 32.5. The van der Waals surface area contributed by atoms with Crippen molar-refractivity contribution in [3.63, 3.8) is 0 Å². The highest BCUT2D eigenvalue weighted by molar-refractivity contribution is 7.47. The number of aliphatic carboxylic acids is 1. The number of ether oxygens (including phenoxy) is 2. The lowest BCUT2D eigenvalue weighted by Gasteiger charge is -2.20. The number of aliphatic hydroxyl groups is 2. The van der Waals surface area contributed by atoms with E-state index in [9.17, 15) is 34.1 Å². The molecule has 14 heteroatoms. The monoisotopic (exact) mass is 791 g/mol. The Balaban J connectivity index is 4.52. The van der Waals surface area contributed by atoms with Crippen LogP contribution in [0.5, 0.6) is 0 Å². The second kappa shape index (κ2) is 35.3. The van der Waals surface area contributed by atoms with Gasteiger partial charge in [0.15, 0.2) is 6.10 Å². The van der Waals surface area contributed by atoms with Crippen molar-refractivity contribution in [2.45, 2.75) is 192 Å². The second-order valence-corrected chi connectivity index (χ2v) is 15.5. The number of carbonyl (C=O) groups excluding carboxylic acids is 2. The first-order chi connectivity index (χ1) is 25.9. The normalized spacial score (nSPS) is 15.2. The first-order valence-electron chi connectivity index (χ1n) is 20.5. The molecule has 13 nitrogen and oxygen atoms in total. The number of phosphoric ester groups is 1. The molecule has 5 atom stereocenters. The Morgan fingerprint density at radius 2 is 1.11 bits per heavy atom. The number of carboxylic acid groups (broad SMARTS) is 1. The number of nitrogens with two attached hydrogens (primary N) is 1. The van der Waals surface area contributed by atoms with Crippen LogP contribution in [-0.4, -0.2) is 82.3 Å². The maximum absolute atomic E-state index is 12.6. The molecule has 6 N–H and O–H groups in total. The predicted molar refractivity (Wildman–Crippen MR) is 211 cm³/mol. The van der Waals surface area contributed by atoms with Crippen LogP contribution in [0.3, 0.4) is 0 Å². The van der Waals surface area contributed by atoms with E-state index in [1.54, 1.807) is 0 Å². The molecule has 0 aliphatic heterocycles. The van der Waals surface area contributed by atoms with E-state index in [-0.39, 0.29) is 12.8 Å². The van der Waals surface area contributed by atoms with Gasteiger partial charge in [0.1, 0.15) is 12.6 Å². The Morgan fingerprint density at radius 1 is 0.630 bits per heavy atom. The number of hydrogen-bond acceptors (Lipinski definition) is 11. The van der Waals surface area contributed by atoms with Gasteiger partial charge in [0, 0.05) is 12.8 Å². The molecule has 0 aliphatic rings. The lowest BCUT2D eigenvalue weighted by Crippen LogP contribution is -2.34. The first-order valence-corrected chi connectivity index (χ1v) is 22.0. The van der Waals surface area contributed by atoms with Gasteiger partial charge in [-0.1, -0.05) is 115 Å². The Morgan fingerprint density at radius 3 is 1.72 bits per heavy atom. The second-order valence-electron chi connectivity index (χ2n) is 14.1. The van der Waals surface area contributed by atoms with Gasteiger partial charge in [-0.25, -0.2) is 4.57 Å². The summed E-state index contributed by atoms with van der Waals surface area (Å²) in [5, 5.41) is 29.3. The number of hydrogen-bond donors (Lipinski definition) is 5. The fourth-order valence-corrected chi connectivity index (χ4v) is 6.21. The molecule has 0 saturated carbocycles. The summed E-state index contributed by atoms with van der Waals surface area (Å²) >= 11 is 0. The van der Waals surface area contributed by atoms with Gasteiger partial charge in [0.25, 0.3) is 0 Å². The molecule has 0 aromatic rings. The van der Waals surface area contributed by atoms with Crippen molar-refractivity contribution in [3.8, 4) is 0 Å². The van der Waals surface area contributed by atoms with Crippen LogP contribution in [-0.2, 0) is 37.5 Å². The first kappa shape index (κ1) is 51.9. The van der Waals surface area contributed by atoms with Gasteiger partial charge in [0.2, 0.25) is 0 Å². The van der Waals surface area contributed by atoms with Crippen molar-refractivity contribution in [2.24, 2.45) is 5.73 Å². The zero-order valence-corrected chi connectivity index (χ0v) is 34.2. The zero-order chi connectivity index (χ0) is 40.3. The van der Waals surface area contributed by atoms with Gasteiger partial charge in [-0.05, 0) is 64.2 Å². The summed E-state index contributed by atoms with van der Waals surface area (Å²) in [7, 11) is -4.75. The quantitative estimate of drug-likeness (QED) is 0.0173. The van der Waals surface area contributed by atoms with Crippen molar-refractivity contribution in [2.75, 3.05) is 19.8 Å². The number of phosphoric acid groups is 1. The summed E-state index contributed by atoms with van der Waals surface area (Å²) in [6.45, 7) is 2.55. The highest BCUT2D eigenvalue weighted by Gasteiger charge is 2.28. The number of carbonyl (C=O) groups is 3. The Labute approximate surface area is 325 Å². The zero-order valence-electron chi connectivity index (χ0n) is 33.3. The van der Waals surface area contributed by atoms with Gasteiger partial charge in [-0.15, -0.1) is 0 Å². The summed E-state index contributed by atoms with van der Waals surface area (Å²) in [6.07, 6.45) is 27.0. The molecule has 0 saturated heterocycles. The topological polar surface area (TPSA) is 212 Å². The molecule has 0 aromatic heterocycles. The molecule has 0 bridgehead atoms. The largest absolute Gasteiger partial charge is 0.480 e. The minimum atomic E-state index is -4.75. The third kappa shape index (κ3) is 33.2. The molecular weight excluding hydrogens is 717 g/mol. The minimum absolute atomic E-state index is 0.120. The number of carboxylic acids is 1. The Kier molecular flexibility index (Phi) is 33.9. The molecule has 0 aliphatic carbocycles. The molecule has 54 heavy (non-hydrogen) atoms. The standard InChI is InChI=1S/C40H74NO12P/c1-3-5-7-9-11-12-13-14-15-16-17-21-26-30-39(45)53-34(32-51-54(48,49)52-33-35(41)40(46)47)31-50-38(44)29-25-22-18-20-24-28-37(43)36(42)27-23-19-10-8-6-4-2/h12-13,19,23,34-37,42-43H,3-11,14-18,20-22,24-33,41H2,1-2H3,(H,46,47)(H,48,49)/b13-12-,23-19-/t34-,35+,36-,37-/m1/s1. The smallest absolute Gasteiger partial charge is 0.472 e. The van der Waals surface area contributed by atoms with E-state index in [0.717, 1.165) is 77.0 Å². The maximum Gasteiger partial charge on any atom is 0.472 e. The molecule has 0 aromatic carbocycles. The van der Waals surface area contributed by atoms with Crippen LogP contribution in [0.1, 0.15) is 168 Å². The lowest BCUT2D eigenvalue weighted by atomic mass is 10.0. The van der Waals surface area contributed by atoms with E-state index in [1.807, 2.05) is 6.08 Å². The molecule has 316 valence electrons. The van der Waals surface area contributed by atoms with E-state index < -0.39 is 69.9 Å². The summed E-state index contributed by atoms with van der Waals surface area (Å²) in [6, 6.07) is -1.54. The van der Waals surface area contributed by atoms with Crippen LogP contribution >= 0.6 is 7.82 Å². The highest BCUT2D eigenvalue weighted by Crippen LogP contribution is 2.43. The number of rotatable bonds is 38.